The minimum atomic E-state index is -0.102. The van der Waals surface area contributed by atoms with Gasteiger partial charge in [-0.1, -0.05) is 40.9 Å². The van der Waals surface area contributed by atoms with E-state index in [9.17, 15) is 10.2 Å². The zero-order valence-corrected chi connectivity index (χ0v) is 9.39. The SMILES string of the molecule is Cc1ccc2c(O)c(Cl)c(Cl)c(O)c2c1. The van der Waals surface area contributed by atoms with Gasteiger partial charge in [-0.05, 0) is 13.0 Å². The van der Waals surface area contributed by atoms with Crippen molar-refractivity contribution in [2.24, 2.45) is 0 Å². The van der Waals surface area contributed by atoms with E-state index in [0.29, 0.717) is 10.8 Å². The number of aromatic hydroxyl groups is 2. The van der Waals surface area contributed by atoms with Crippen molar-refractivity contribution >= 4 is 34.0 Å². The first-order valence-electron chi connectivity index (χ1n) is 4.31. The molecule has 2 nitrogen and oxygen atoms in total. The highest BCUT2D eigenvalue weighted by atomic mass is 35.5. The Labute approximate surface area is 96.7 Å². The van der Waals surface area contributed by atoms with Crippen LogP contribution in [-0.4, -0.2) is 10.2 Å². The number of hydrogen-bond donors (Lipinski definition) is 2. The number of phenolic OH excluding ortho intramolecular Hbond substituents is 2. The first-order valence-corrected chi connectivity index (χ1v) is 5.07. The van der Waals surface area contributed by atoms with Crippen molar-refractivity contribution in [2.45, 2.75) is 6.92 Å². The van der Waals surface area contributed by atoms with Crippen molar-refractivity contribution in [3.63, 3.8) is 0 Å². The summed E-state index contributed by atoms with van der Waals surface area (Å²) in [4.78, 5) is 0. The fourth-order valence-corrected chi connectivity index (χ4v) is 1.89. The molecule has 0 aliphatic heterocycles. The van der Waals surface area contributed by atoms with E-state index in [1.807, 2.05) is 13.0 Å². The van der Waals surface area contributed by atoms with Gasteiger partial charge >= 0.3 is 0 Å². The molecule has 0 saturated carbocycles. The first-order chi connectivity index (χ1) is 7.02. The lowest BCUT2D eigenvalue weighted by Gasteiger charge is -2.08. The Kier molecular flexibility index (Phi) is 2.41. The van der Waals surface area contributed by atoms with Gasteiger partial charge in [-0.2, -0.15) is 0 Å². The lowest BCUT2D eigenvalue weighted by molar-refractivity contribution is 0.470. The molecule has 0 spiro atoms. The molecule has 15 heavy (non-hydrogen) atoms. The third kappa shape index (κ3) is 1.50. The van der Waals surface area contributed by atoms with E-state index in [4.69, 9.17) is 23.2 Å². The molecule has 0 unspecified atom stereocenters. The summed E-state index contributed by atoms with van der Waals surface area (Å²) in [6, 6.07) is 5.26. The monoisotopic (exact) mass is 242 g/mol. The summed E-state index contributed by atoms with van der Waals surface area (Å²) < 4.78 is 0. The molecule has 0 aromatic heterocycles. The predicted octanol–water partition coefficient (Wildman–Crippen LogP) is 3.87. The predicted molar refractivity (Wildman–Crippen MR) is 62.0 cm³/mol. The van der Waals surface area contributed by atoms with Crippen molar-refractivity contribution < 1.29 is 10.2 Å². The van der Waals surface area contributed by atoms with E-state index in [1.165, 1.54) is 0 Å². The Hall–Kier alpha value is -1.12. The normalized spacial score (nSPS) is 10.9. The molecular formula is C11H8Cl2O2. The maximum absolute atomic E-state index is 9.76. The minimum absolute atomic E-state index is 0.0210. The van der Waals surface area contributed by atoms with Gasteiger partial charge in [0.15, 0.2) is 0 Å². The number of hydrogen-bond acceptors (Lipinski definition) is 2. The Bertz CT molecular complexity index is 550. The molecule has 78 valence electrons. The molecule has 4 heteroatoms. The average Bonchev–Trinajstić information content (AvgIpc) is 2.23. The summed E-state index contributed by atoms with van der Waals surface area (Å²) in [5, 5.41) is 20.4. The van der Waals surface area contributed by atoms with Gasteiger partial charge in [0, 0.05) is 10.8 Å². The van der Waals surface area contributed by atoms with Gasteiger partial charge in [0.2, 0.25) is 0 Å². The van der Waals surface area contributed by atoms with E-state index in [-0.39, 0.29) is 21.5 Å². The molecular weight excluding hydrogens is 235 g/mol. The molecule has 0 radical (unpaired) electrons. The summed E-state index contributed by atoms with van der Waals surface area (Å²) in [5.41, 5.74) is 0.968. The highest BCUT2D eigenvalue weighted by molar-refractivity contribution is 6.45. The smallest absolute Gasteiger partial charge is 0.143 e. The summed E-state index contributed by atoms with van der Waals surface area (Å²) in [6.07, 6.45) is 0. The van der Waals surface area contributed by atoms with Crippen LogP contribution in [0.2, 0.25) is 10.0 Å². The minimum Gasteiger partial charge on any atom is -0.506 e. The number of aryl methyl sites for hydroxylation is 1. The second-order valence-electron chi connectivity index (χ2n) is 3.37. The fraction of sp³-hybridized carbons (Fsp3) is 0.0909. The highest BCUT2D eigenvalue weighted by Gasteiger charge is 2.15. The van der Waals surface area contributed by atoms with Crippen LogP contribution >= 0.6 is 23.2 Å². The third-order valence-corrected chi connectivity index (χ3v) is 3.13. The zero-order valence-electron chi connectivity index (χ0n) is 7.88. The van der Waals surface area contributed by atoms with Gasteiger partial charge in [-0.15, -0.1) is 0 Å². The molecule has 2 aromatic rings. The average molecular weight is 243 g/mol. The number of benzene rings is 2. The zero-order chi connectivity index (χ0) is 11.2. The highest BCUT2D eigenvalue weighted by Crippen LogP contribution is 2.45. The van der Waals surface area contributed by atoms with Crippen LogP contribution in [0.15, 0.2) is 18.2 Å². The van der Waals surface area contributed by atoms with Crippen LogP contribution in [0.25, 0.3) is 10.8 Å². The van der Waals surface area contributed by atoms with E-state index in [1.54, 1.807) is 12.1 Å². The summed E-state index contributed by atoms with van der Waals surface area (Å²) >= 11 is 11.5. The molecule has 0 amide bonds. The Balaban J connectivity index is 3.00. The van der Waals surface area contributed by atoms with Crippen molar-refractivity contribution in [3.8, 4) is 11.5 Å². The molecule has 2 N–H and O–H groups in total. The van der Waals surface area contributed by atoms with Gasteiger partial charge in [0.25, 0.3) is 0 Å². The maximum Gasteiger partial charge on any atom is 0.143 e. The van der Waals surface area contributed by atoms with E-state index >= 15 is 0 Å². The molecule has 2 aromatic carbocycles. The molecule has 0 saturated heterocycles. The second kappa shape index (κ2) is 3.47. The topological polar surface area (TPSA) is 40.5 Å². The molecule has 0 bridgehead atoms. The van der Waals surface area contributed by atoms with Crippen LogP contribution in [0, 0.1) is 6.92 Å². The van der Waals surface area contributed by atoms with Crippen molar-refractivity contribution in [3.05, 3.63) is 33.8 Å². The number of fused-ring (bicyclic) bond motifs is 1. The summed E-state index contributed by atoms with van der Waals surface area (Å²) in [6.45, 7) is 1.89. The molecule has 0 fully saturated rings. The molecule has 0 atom stereocenters. The lowest BCUT2D eigenvalue weighted by atomic mass is 10.1. The van der Waals surface area contributed by atoms with Crippen molar-refractivity contribution in [2.75, 3.05) is 0 Å². The van der Waals surface area contributed by atoms with Crippen molar-refractivity contribution in [1.82, 2.24) is 0 Å². The second-order valence-corrected chi connectivity index (χ2v) is 4.13. The van der Waals surface area contributed by atoms with Crippen LogP contribution in [0.4, 0.5) is 0 Å². The third-order valence-electron chi connectivity index (χ3n) is 2.29. The van der Waals surface area contributed by atoms with E-state index < -0.39 is 0 Å². The Morgan fingerprint density at radius 2 is 1.47 bits per heavy atom. The van der Waals surface area contributed by atoms with Crippen LogP contribution in [0.1, 0.15) is 5.56 Å². The quantitative estimate of drug-likeness (QED) is 0.689. The van der Waals surface area contributed by atoms with Crippen LogP contribution in [0.3, 0.4) is 0 Å². The van der Waals surface area contributed by atoms with E-state index in [0.717, 1.165) is 5.56 Å². The summed E-state index contributed by atoms with van der Waals surface area (Å²) in [7, 11) is 0. The first kappa shape index (κ1) is 10.4. The standard InChI is InChI=1S/C11H8Cl2O2/c1-5-2-3-6-7(4-5)11(15)9(13)8(12)10(6)14/h2-4,14-15H,1H3. The van der Waals surface area contributed by atoms with Gasteiger partial charge in [-0.3, -0.25) is 0 Å². The van der Waals surface area contributed by atoms with Gasteiger partial charge < -0.3 is 10.2 Å². The maximum atomic E-state index is 9.76. The fourth-order valence-electron chi connectivity index (χ4n) is 1.50. The molecule has 0 aliphatic carbocycles. The molecule has 2 rings (SSSR count). The van der Waals surface area contributed by atoms with Crippen LogP contribution in [-0.2, 0) is 0 Å². The van der Waals surface area contributed by atoms with Gasteiger partial charge in [0.1, 0.15) is 21.5 Å². The number of halogens is 2. The molecule has 0 heterocycles. The largest absolute Gasteiger partial charge is 0.506 e. The van der Waals surface area contributed by atoms with Gasteiger partial charge in [0.05, 0.1) is 0 Å². The van der Waals surface area contributed by atoms with Crippen LogP contribution in [0.5, 0.6) is 11.5 Å². The lowest BCUT2D eigenvalue weighted by Crippen LogP contribution is -1.81. The number of phenols is 2. The van der Waals surface area contributed by atoms with Gasteiger partial charge in [-0.25, -0.2) is 0 Å². The molecule has 0 aliphatic rings. The van der Waals surface area contributed by atoms with Crippen molar-refractivity contribution in [1.29, 1.82) is 0 Å². The number of rotatable bonds is 0. The Morgan fingerprint density at radius 1 is 0.933 bits per heavy atom. The summed E-state index contributed by atoms with van der Waals surface area (Å²) in [5.74, 6) is -0.201. The Morgan fingerprint density at radius 3 is 2.07 bits per heavy atom. The van der Waals surface area contributed by atoms with Crippen LogP contribution < -0.4 is 0 Å². The van der Waals surface area contributed by atoms with E-state index in [2.05, 4.69) is 0 Å².